The van der Waals surface area contributed by atoms with Gasteiger partial charge in [-0.3, -0.25) is 14.1 Å². The van der Waals surface area contributed by atoms with E-state index in [-0.39, 0.29) is 12.2 Å². The Labute approximate surface area is 289 Å². The number of methoxy groups -OCH3 is 2. The molecular weight excluding hydrogens is 714 g/mol. The second-order valence-corrected chi connectivity index (χ2v) is 19.1. The van der Waals surface area contributed by atoms with Crippen molar-refractivity contribution in [3.63, 3.8) is 0 Å². The molecule has 0 saturated carbocycles. The molecule has 23 heteroatoms. The molecule has 0 aromatic rings. The van der Waals surface area contributed by atoms with Gasteiger partial charge in [-0.05, 0) is 18.5 Å². The highest BCUT2D eigenvalue weighted by Crippen LogP contribution is 2.35. The van der Waals surface area contributed by atoms with Crippen LogP contribution in [0.5, 0.6) is 0 Å². The molecule has 50 heavy (non-hydrogen) atoms. The lowest BCUT2D eigenvalue weighted by Crippen LogP contribution is -2.66. The maximum atomic E-state index is 13.1. The maximum absolute atomic E-state index is 13.1. The number of ether oxygens (including phenoxy) is 9. The van der Waals surface area contributed by atoms with E-state index in [2.05, 4.69) is 33.9 Å². The van der Waals surface area contributed by atoms with Gasteiger partial charge < -0.3 is 52.5 Å². The summed E-state index contributed by atoms with van der Waals surface area (Å²) in [5.74, 6) is -3.24. The number of hydrogen-bond acceptors (Lipinski definition) is 18. The molecule has 2 aliphatic heterocycles. The van der Waals surface area contributed by atoms with Gasteiger partial charge in [0.2, 0.25) is 0 Å². The minimum atomic E-state index is -5.09. The number of Topliss-reactive ketones (excluding diaryl/α,β-unsaturated/α-hetero) is 1. The highest BCUT2D eigenvalue weighted by Gasteiger charge is 2.56. The van der Waals surface area contributed by atoms with E-state index in [9.17, 15) is 38.2 Å². The summed E-state index contributed by atoms with van der Waals surface area (Å²) in [6.45, 7) is 7.51. The van der Waals surface area contributed by atoms with Crippen LogP contribution in [0.25, 0.3) is 10.4 Å². The van der Waals surface area contributed by atoms with Gasteiger partial charge in [0.25, 0.3) is 0 Å². The molecular formula is C27H45N3O18SSi. The van der Waals surface area contributed by atoms with Crippen molar-refractivity contribution in [2.75, 3.05) is 34.2 Å². The van der Waals surface area contributed by atoms with E-state index in [1.165, 1.54) is 14.0 Å². The Bertz CT molecular complexity index is 1330. The highest BCUT2D eigenvalue weighted by molar-refractivity contribution is 7.80. The summed E-state index contributed by atoms with van der Waals surface area (Å²) in [6, 6.07) is -1.01. The first kappa shape index (κ1) is 43.4. The first-order valence-electron chi connectivity index (χ1n) is 15.3. The third-order valence-corrected chi connectivity index (χ3v) is 9.39. The summed E-state index contributed by atoms with van der Waals surface area (Å²) in [6.07, 6.45) is -15.9. The Morgan fingerprint density at radius 1 is 0.960 bits per heavy atom. The summed E-state index contributed by atoms with van der Waals surface area (Å²) in [4.78, 5) is 52.1. The molecule has 0 bridgehead atoms. The van der Waals surface area contributed by atoms with Gasteiger partial charge in [0.15, 0.2) is 24.8 Å². The molecule has 0 aliphatic carbocycles. The number of ketones is 1. The van der Waals surface area contributed by atoms with Gasteiger partial charge in [-0.2, -0.15) is 8.42 Å². The largest absolute Gasteiger partial charge is 0.467 e. The Hall–Kier alpha value is -2.80. The highest BCUT2D eigenvalue weighted by atomic mass is 32.3. The number of esters is 3. The van der Waals surface area contributed by atoms with Crippen molar-refractivity contribution >= 4 is 42.2 Å². The molecule has 0 aromatic carbocycles. The molecule has 21 nitrogen and oxygen atoms in total. The van der Waals surface area contributed by atoms with Crippen molar-refractivity contribution < 1.29 is 84.1 Å². The molecule has 10 atom stereocenters. The van der Waals surface area contributed by atoms with Crippen LogP contribution >= 0.6 is 0 Å². The number of rotatable bonds is 19. The van der Waals surface area contributed by atoms with Crippen LogP contribution in [0.4, 0.5) is 0 Å². The van der Waals surface area contributed by atoms with E-state index < -0.39 is 118 Å². The van der Waals surface area contributed by atoms with Crippen LogP contribution in [0.3, 0.4) is 0 Å². The second-order valence-electron chi connectivity index (χ2n) is 12.4. The third kappa shape index (κ3) is 13.7. The summed E-state index contributed by atoms with van der Waals surface area (Å²) in [5.41, 5.74) is 9.43. The average molecular weight is 760 g/mol. The Morgan fingerprint density at radius 2 is 1.64 bits per heavy atom. The van der Waals surface area contributed by atoms with E-state index in [0.29, 0.717) is 6.61 Å². The van der Waals surface area contributed by atoms with E-state index >= 15 is 0 Å². The van der Waals surface area contributed by atoms with Crippen molar-refractivity contribution in [1.82, 2.24) is 0 Å². The molecule has 2 rings (SSSR count). The molecule has 2 N–H and O–H groups in total. The molecule has 0 radical (unpaired) electrons. The quantitative estimate of drug-likeness (QED) is 0.0207. The lowest BCUT2D eigenvalue weighted by Gasteiger charge is -2.47. The first-order valence-corrected chi connectivity index (χ1v) is 20.4. The van der Waals surface area contributed by atoms with Crippen LogP contribution in [-0.4, -0.2) is 145 Å². The van der Waals surface area contributed by atoms with Gasteiger partial charge in [-0.1, -0.05) is 24.8 Å². The zero-order valence-electron chi connectivity index (χ0n) is 28.7. The summed E-state index contributed by atoms with van der Waals surface area (Å²) >= 11 is 0. The second kappa shape index (κ2) is 19.7. The van der Waals surface area contributed by atoms with Gasteiger partial charge >= 0.3 is 28.3 Å². The minimum absolute atomic E-state index is 0.239. The summed E-state index contributed by atoms with van der Waals surface area (Å²) in [5, 5.41) is 14.6. The Kier molecular flexibility index (Phi) is 17.1. The summed E-state index contributed by atoms with van der Waals surface area (Å²) in [7, 11) is -4.37. The number of nitrogens with zero attached hydrogens (tertiary/aromatic N) is 3. The monoisotopic (exact) mass is 759 g/mol. The molecule has 2 aliphatic rings. The van der Waals surface area contributed by atoms with Crippen molar-refractivity contribution in [2.45, 2.75) is 114 Å². The van der Waals surface area contributed by atoms with Gasteiger partial charge in [-0.15, -0.1) is 0 Å². The topological polar surface area (TPSA) is 284 Å². The molecule has 0 aromatic heterocycles. The average Bonchev–Trinajstić information content (AvgIpc) is 3.01. The van der Waals surface area contributed by atoms with Crippen molar-refractivity contribution in [1.29, 1.82) is 0 Å². The molecule has 0 spiro atoms. The molecule has 286 valence electrons. The molecule has 0 amide bonds. The van der Waals surface area contributed by atoms with E-state index in [0.717, 1.165) is 20.1 Å². The SMILES string of the molecule is COC(=O)[C@H]1O[C@H](OC)[C@H](OC(C)=O)[C@@H](OCOCC[Si](C)(C)C)[C@@H]1O[C@H]1O[C@H](COS(=O)(=O)O)[C@@H](O)[C@H](OC(=O)CCC(C)=O)[C@H]1N=[N+]=[N-]. The zero-order chi connectivity index (χ0) is 37.8. The molecule has 2 fully saturated rings. The van der Waals surface area contributed by atoms with Gasteiger partial charge in [0.05, 0.1) is 20.1 Å². The number of carbonyl (C=O) groups is 4. The minimum Gasteiger partial charge on any atom is -0.467 e. The van der Waals surface area contributed by atoms with E-state index in [1.54, 1.807) is 0 Å². The lowest BCUT2D eigenvalue weighted by molar-refractivity contribution is -0.346. The van der Waals surface area contributed by atoms with Crippen LogP contribution in [0, 0.1) is 0 Å². The van der Waals surface area contributed by atoms with Crippen LogP contribution < -0.4 is 0 Å². The predicted molar refractivity (Wildman–Crippen MR) is 167 cm³/mol. The van der Waals surface area contributed by atoms with Gasteiger partial charge in [-0.25, -0.2) is 8.98 Å². The third-order valence-electron chi connectivity index (χ3n) is 7.25. The fraction of sp³-hybridized carbons (Fsp3) is 0.852. The van der Waals surface area contributed by atoms with Gasteiger partial charge in [0.1, 0.15) is 49.1 Å². The molecule has 0 unspecified atom stereocenters. The fourth-order valence-electron chi connectivity index (χ4n) is 4.79. The zero-order valence-corrected chi connectivity index (χ0v) is 30.5. The van der Waals surface area contributed by atoms with Crippen molar-refractivity contribution in [3.05, 3.63) is 10.4 Å². The number of aliphatic hydroxyl groups is 1. The van der Waals surface area contributed by atoms with Crippen LogP contribution in [-0.2, 0) is 76.4 Å². The number of hydrogen-bond donors (Lipinski definition) is 2. The smallest absolute Gasteiger partial charge is 0.397 e. The fourth-order valence-corrected chi connectivity index (χ4v) is 5.86. The van der Waals surface area contributed by atoms with E-state index in [1.807, 2.05) is 0 Å². The van der Waals surface area contributed by atoms with E-state index in [4.69, 9.17) is 47.2 Å². The molecule has 2 heterocycles. The molecule has 2 saturated heterocycles. The summed E-state index contributed by atoms with van der Waals surface area (Å²) < 4.78 is 86.5. The Morgan fingerprint density at radius 3 is 2.18 bits per heavy atom. The standard InChI is InChI=1S/C27H45N3O18SSi/c1-14(31)8-9-17(33)46-20-18(29-30-28)26(45-16(19(20)34)12-43-49(36,37)38)47-22-21(42-13-41-10-11-50(5,6)7)24(44-15(2)32)27(40-4)48-23(22)25(35)39-3/h16,18-24,26-27,34H,8-13H2,1-7H3,(H,36,37,38)/t16-,18-,19-,20-,21+,22+,23+,24-,26-,27+/m1/s1. The normalized spacial score (nSPS) is 30.1. The number of aliphatic hydroxyl groups excluding tert-OH is 1. The van der Waals surface area contributed by atoms with Crippen molar-refractivity contribution in [2.24, 2.45) is 5.11 Å². The lowest BCUT2D eigenvalue weighted by atomic mass is 9.95. The Balaban J connectivity index is 2.60. The predicted octanol–water partition coefficient (Wildman–Crippen LogP) is 0.410. The van der Waals surface area contributed by atoms with Crippen molar-refractivity contribution in [3.8, 4) is 0 Å². The first-order chi connectivity index (χ1) is 23.3. The number of carbonyl (C=O) groups excluding carboxylic acids is 4. The number of azide groups is 1. The van der Waals surface area contributed by atoms with Crippen LogP contribution in [0.1, 0.15) is 26.7 Å². The van der Waals surface area contributed by atoms with Crippen LogP contribution in [0.2, 0.25) is 25.7 Å². The van der Waals surface area contributed by atoms with Crippen LogP contribution in [0.15, 0.2) is 5.11 Å². The maximum Gasteiger partial charge on any atom is 0.397 e. The van der Waals surface area contributed by atoms with Gasteiger partial charge in [0, 0.05) is 40.0 Å².